The van der Waals surface area contributed by atoms with Crippen molar-refractivity contribution in [1.82, 2.24) is 5.32 Å². The highest BCUT2D eigenvalue weighted by atomic mass is 16.7. The molecule has 1 amide bonds. The lowest BCUT2D eigenvalue weighted by molar-refractivity contribution is -0.302. The number of aliphatic hydroxyl groups excluding tert-OH is 5. The molecule has 0 radical (unpaired) electrons. The van der Waals surface area contributed by atoms with Gasteiger partial charge in [0.2, 0.25) is 5.91 Å². The third kappa shape index (κ3) is 25.7. The molecule has 9 heteroatoms. The van der Waals surface area contributed by atoms with Gasteiger partial charge < -0.3 is 40.3 Å². The maximum Gasteiger partial charge on any atom is 0.220 e. The van der Waals surface area contributed by atoms with Crippen molar-refractivity contribution in [3.8, 4) is 0 Å². The normalized spacial score (nSPS) is 22.2. The minimum Gasteiger partial charge on any atom is -0.394 e. The number of ether oxygens (including phenoxy) is 2. The molecule has 0 aliphatic carbocycles. The fourth-order valence-electron chi connectivity index (χ4n) is 6.09. The second kappa shape index (κ2) is 35.1. The van der Waals surface area contributed by atoms with E-state index in [0.717, 1.165) is 38.5 Å². The van der Waals surface area contributed by atoms with Crippen LogP contribution in [0.15, 0.2) is 72.9 Å². The van der Waals surface area contributed by atoms with Gasteiger partial charge in [0.25, 0.3) is 0 Å². The van der Waals surface area contributed by atoms with Gasteiger partial charge >= 0.3 is 0 Å². The van der Waals surface area contributed by atoms with E-state index in [0.29, 0.717) is 6.42 Å². The van der Waals surface area contributed by atoms with Crippen molar-refractivity contribution in [2.75, 3.05) is 13.2 Å². The largest absolute Gasteiger partial charge is 0.394 e. The van der Waals surface area contributed by atoms with Crippen LogP contribution in [0.2, 0.25) is 0 Å². The Morgan fingerprint density at radius 2 is 1.15 bits per heavy atom. The van der Waals surface area contributed by atoms with Crippen LogP contribution < -0.4 is 5.32 Å². The number of hydrogen-bond acceptors (Lipinski definition) is 8. The third-order valence-electron chi connectivity index (χ3n) is 9.56. The number of nitrogens with one attached hydrogen (secondary N) is 1. The molecule has 1 aliphatic heterocycles. The summed E-state index contributed by atoms with van der Waals surface area (Å²) in [5.74, 6) is -0.254. The van der Waals surface area contributed by atoms with Gasteiger partial charge in [0.05, 0.1) is 25.4 Å². The quantitative estimate of drug-likeness (QED) is 0.0223. The zero-order chi connectivity index (χ0) is 39.5. The lowest BCUT2D eigenvalue weighted by atomic mass is 9.99. The summed E-state index contributed by atoms with van der Waals surface area (Å²) in [5.41, 5.74) is 0. The minimum absolute atomic E-state index is 0.237. The van der Waals surface area contributed by atoms with E-state index in [9.17, 15) is 30.3 Å². The van der Waals surface area contributed by atoms with Crippen LogP contribution >= 0.6 is 0 Å². The van der Waals surface area contributed by atoms with Crippen LogP contribution in [0.5, 0.6) is 0 Å². The first-order chi connectivity index (χ1) is 26.3. The number of amides is 1. The van der Waals surface area contributed by atoms with Crippen LogP contribution in [0, 0.1) is 0 Å². The summed E-state index contributed by atoms with van der Waals surface area (Å²) in [7, 11) is 0. The van der Waals surface area contributed by atoms with E-state index in [1.54, 1.807) is 12.2 Å². The van der Waals surface area contributed by atoms with E-state index < -0.39 is 49.5 Å². The Balaban J connectivity index is 2.43. The molecule has 1 aliphatic rings. The Bertz CT molecular complexity index is 1070. The molecule has 6 N–H and O–H groups in total. The number of carbonyl (C=O) groups excluding carboxylic acids is 1. The zero-order valence-corrected chi connectivity index (χ0v) is 33.7. The van der Waals surface area contributed by atoms with Gasteiger partial charge in [0, 0.05) is 6.42 Å². The Labute approximate surface area is 328 Å². The molecular formula is C45H77NO8. The first kappa shape index (κ1) is 49.6. The van der Waals surface area contributed by atoms with Crippen LogP contribution in [0.4, 0.5) is 0 Å². The fraction of sp³-hybridized carbons (Fsp3) is 0.711. The summed E-state index contributed by atoms with van der Waals surface area (Å²) in [5, 5.41) is 53.8. The van der Waals surface area contributed by atoms with E-state index >= 15 is 0 Å². The molecule has 310 valence electrons. The molecule has 1 fully saturated rings. The highest BCUT2D eigenvalue weighted by molar-refractivity contribution is 5.76. The van der Waals surface area contributed by atoms with Crippen LogP contribution in [0.1, 0.15) is 149 Å². The SMILES string of the molecule is CCCCCCCC/C=C/C=C/[C@@H](O)[C@H](CO[C@H]1O[C@@H](CO)[C@H](O)C(O)C1O)NC(=O)CCC/C=C/C/C=C/C/C=C/C/C=C/CCCCCCCCC. The lowest BCUT2D eigenvalue weighted by Crippen LogP contribution is -2.60. The van der Waals surface area contributed by atoms with Crippen molar-refractivity contribution in [3.63, 3.8) is 0 Å². The first-order valence-corrected chi connectivity index (χ1v) is 21.2. The second-order valence-corrected chi connectivity index (χ2v) is 14.5. The molecule has 9 nitrogen and oxygen atoms in total. The number of allylic oxidation sites excluding steroid dienone is 11. The standard InChI is InChI=1S/C45H77NO8/c1-3-5-7-9-11-13-15-16-17-18-19-20-21-22-23-24-25-27-29-31-33-35-41(49)46-38(37-53-45-44(52)43(51)42(50)40(36-47)54-45)39(48)34-32-30-28-26-14-12-10-8-6-4-2/h17-18,20-21,23-24,27-30,32,34,38-40,42-45,47-48,50-52H,3-16,19,22,25-26,31,33,35-37H2,1-2H3,(H,46,49)/b18-17+,21-20+,24-23+,29-27+,30-28+,34-32+/t38-,39+,40-,42-,43?,44?,45-/m0/s1. The van der Waals surface area contributed by atoms with Crippen molar-refractivity contribution < 1.29 is 39.8 Å². The summed E-state index contributed by atoms with van der Waals surface area (Å²) < 4.78 is 11.1. The molecule has 0 aromatic carbocycles. The van der Waals surface area contributed by atoms with Crippen LogP contribution in [0.25, 0.3) is 0 Å². The van der Waals surface area contributed by atoms with Crippen molar-refractivity contribution in [2.45, 2.75) is 192 Å². The molecule has 0 aromatic rings. The first-order valence-electron chi connectivity index (χ1n) is 21.2. The maximum atomic E-state index is 12.9. The monoisotopic (exact) mass is 760 g/mol. The number of carbonyl (C=O) groups is 1. The van der Waals surface area contributed by atoms with Crippen molar-refractivity contribution in [3.05, 3.63) is 72.9 Å². The molecular weight excluding hydrogens is 682 g/mol. The average molecular weight is 760 g/mol. The van der Waals surface area contributed by atoms with Crippen LogP contribution in [0.3, 0.4) is 0 Å². The number of hydrogen-bond donors (Lipinski definition) is 6. The predicted octanol–water partition coefficient (Wildman–Crippen LogP) is 8.22. The van der Waals surface area contributed by atoms with Gasteiger partial charge in [-0.1, -0.05) is 157 Å². The van der Waals surface area contributed by atoms with E-state index in [2.05, 4.69) is 73.8 Å². The molecule has 0 spiro atoms. The molecule has 54 heavy (non-hydrogen) atoms. The van der Waals surface area contributed by atoms with Crippen molar-refractivity contribution >= 4 is 5.91 Å². The zero-order valence-electron chi connectivity index (χ0n) is 33.7. The van der Waals surface area contributed by atoms with Crippen molar-refractivity contribution in [1.29, 1.82) is 0 Å². The number of unbranched alkanes of at least 4 members (excludes halogenated alkanes) is 14. The van der Waals surface area contributed by atoms with E-state index in [1.807, 2.05) is 6.08 Å². The van der Waals surface area contributed by atoms with E-state index in [1.165, 1.54) is 83.5 Å². The van der Waals surface area contributed by atoms with Gasteiger partial charge in [-0.2, -0.15) is 0 Å². The Morgan fingerprint density at radius 3 is 1.70 bits per heavy atom. The van der Waals surface area contributed by atoms with Gasteiger partial charge in [-0.15, -0.1) is 0 Å². The summed E-state index contributed by atoms with van der Waals surface area (Å²) in [6, 6.07) is -0.867. The summed E-state index contributed by atoms with van der Waals surface area (Å²) >= 11 is 0. The van der Waals surface area contributed by atoms with Gasteiger partial charge in [-0.25, -0.2) is 0 Å². The average Bonchev–Trinajstić information content (AvgIpc) is 3.17. The van der Waals surface area contributed by atoms with Gasteiger partial charge in [0.15, 0.2) is 6.29 Å². The van der Waals surface area contributed by atoms with E-state index in [4.69, 9.17) is 9.47 Å². The molecule has 7 atom stereocenters. The topological polar surface area (TPSA) is 149 Å². The van der Waals surface area contributed by atoms with Crippen molar-refractivity contribution in [2.24, 2.45) is 0 Å². The van der Waals surface area contributed by atoms with Gasteiger partial charge in [-0.05, 0) is 57.8 Å². The predicted molar refractivity (Wildman–Crippen MR) is 221 cm³/mol. The maximum absolute atomic E-state index is 12.9. The summed E-state index contributed by atoms with van der Waals surface area (Å²) in [6.07, 6.45) is 39.7. The lowest BCUT2D eigenvalue weighted by Gasteiger charge is -2.40. The van der Waals surface area contributed by atoms with Gasteiger partial charge in [-0.3, -0.25) is 4.79 Å². The molecule has 0 saturated carbocycles. The Kier molecular flexibility index (Phi) is 32.2. The Hall–Kier alpha value is -2.37. The number of aliphatic hydroxyl groups is 5. The minimum atomic E-state index is -1.59. The highest BCUT2D eigenvalue weighted by Crippen LogP contribution is 2.22. The van der Waals surface area contributed by atoms with Crippen LogP contribution in [-0.2, 0) is 14.3 Å². The molecule has 1 heterocycles. The molecule has 2 unspecified atom stereocenters. The molecule has 1 rings (SSSR count). The molecule has 0 aromatic heterocycles. The summed E-state index contributed by atoms with van der Waals surface area (Å²) in [4.78, 5) is 12.9. The molecule has 1 saturated heterocycles. The molecule has 0 bridgehead atoms. The van der Waals surface area contributed by atoms with Crippen LogP contribution in [-0.4, -0.2) is 87.5 Å². The summed E-state index contributed by atoms with van der Waals surface area (Å²) in [6.45, 7) is 3.64. The highest BCUT2D eigenvalue weighted by Gasteiger charge is 2.44. The second-order valence-electron chi connectivity index (χ2n) is 14.5. The number of rotatable bonds is 33. The smallest absolute Gasteiger partial charge is 0.220 e. The third-order valence-corrected chi connectivity index (χ3v) is 9.56. The fourth-order valence-corrected chi connectivity index (χ4v) is 6.09. The van der Waals surface area contributed by atoms with Gasteiger partial charge in [0.1, 0.15) is 24.4 Å². The van der Waals surface area contributed by atoms with E-state index in [-0.39, 0.29) is 18.9 Å². The Morgan fingerprint density at radius 1 is 0.648 bits per heavy atom.